The van der Waals surface area contributed by atoms with Crippen LogP contribution in [0, 0.1) is 5.92 Å². The Balaban J connectivity index is 1.89. The Bertz CT molecular complexity index is 430. The van der Waals surface area contributed by atoms with E-state index >= 15 is 0 Å². The van der Waals surface area contributed by atoms with E-state index in [1.807, 2.05) is 6.07 Å². The van der Waals surface area contributed by atoms with Crippen molar-refractivity contribution < 1.29 is 4.79 Å². The van der Waals surface area contributed by atoms with Crippen LogP contribution in [0.1, 0.15) is 36.5 Å². The second-order valence-corrected chi connectivity index (χ2v) is 4.94. The minimum atomic E-state index is 0.119. The highest BCUT2D eigenvalue weighted by molar-refractivity contribution is 5.94. The summed E-state index contributed by atoms with van der Waals surface area (Å²) < 4.78 is 0. The highest BCUT2D eigenvalue weighted by Gasteiger charge is 2.38. The zero-order valence-electron chi connectivity index (χ0n) is 9.52. The van der Waals surface area contributed by atoms with Crippen LogP contribution < -0.4 is 4.90 Å². The van der Waals surface area contributed by atoms with Crippen LogP contribution in [0.3, 0.4) is 0 Å². The number of Topliss-reactive ketones (excluding diaryl/α,β-unsaturated/α-hetero) is 1. The molecule has 3 nitrogen and oxygen atoms in total. The van der Waals surface area contributed by atoms with E-state index in [1.165, 1.54) is 19.3 Å². The lowest BCUT2D eigenvalue weighted by Gasteiger charge is -2.28. The van der Waals surface area contributed by atoms with Gasteiger partial charge in [0.1, 0.15) is 5.82 Å². The molecule has 2 atom stereocenters. The van der Waals surface area contributed by atoms with E-state index in [1.54, 1.807) is 19.2 Å². The molecule has 2 heterocycles. The molecule has 0 amide bonds. The van der Waals surface area contributed by atoms with Gasteiger partial charge in [0.05, 0.1) is 0 Å². The Kier molecular flexibility index (Phi) is 2.20. The van der Waals surface area contributed by atoms with E-state index in [-0.39, 0.29) is 5.78 Å². The lowest BCUT2D eigenvalue weighted by Crippen LogP contribution is -2.32. The fraction of sp³-hybridized carbons (Fsp3) is 0.538. The number of aromatic nitrogens is 1. The average molecular weight is 216 g/mol. The van der Waals surface area contributed by atoms with Crippen molar-refractivity contribution in [2.75, 3.05) is 11.4 Å². The standard InChI is InChI=1S/C13H16N2O/c1-9(16)11-4-5-14-13(7-11)15-8-10-2-3-12(15)6-10/h4-5,7,10,12H,2-3,6,8H2,1H3. The fourth-order valence-electron chi connectivity index (χ4n) is 3.00. The molecule has 1 aliphatic heterocycles. The average Bonchev–Trinajstić information content (AvgIpc) is 2.91. The van der Waals surface area contributed by atoms with Crippen molar-refractivity contribution in [2.45, 2.75) is 32.2 Å². The van der Waals surface area contributed by atoms with Crippen LogP contribution in [0.15, 0.2) is 18.3 Å². The van der Waals surface area contributed by atoms with Gasteiger partial charge in [-0.3, -0.25) is 4.79 Å². The largest absolute Gasteiger partial charge is 0.353 e. The minimum absolute atomic E-state index is 0.119. The quantitative estimate of drug-likeness (QED) is 0.711. The smallest absolute Gasteiger partial charge is 0.159 e. The summed E-state index contributed by atoms with van der Waals surface area (Å²) in [7, 11) is 0. The van der Waals surface area contributed by atoms with Gasteiger partial charge in [0.15, 0.2) is 5.78 Å². The molecule has 0 aromatic carbocycles. The first kappa shape index (κ1) is 9.82. The minimum Gasteiger partial charge on any atom is -0.353 e. The van der Waals surface area contributed by atoms with Crippen molar-refractivity contribution >= 4 is 11.6 Å². The van der Waals surface area contributed by atoms with E-state index in [9.17, 15) is 4.79 Å². The van der Waals surface area contributed by atoms with Gasteiger partial charge in [0.2, 0.25) is 0 Å². The molecule has 84 valence electrons. The van der Waals surface area contributed by atoms with Crippen molar-refractivity contribution in [3.63, 3.8) is 0 Å². The number of anilines is 1. The van der Waals surface area contributed by atoms with Gasteiger partial charge in [-0.2, -0.15) is 0 Å². The SMILES string of the molecule is CC(=O)c1ccnc(N2CC3CCC2C3)c1. The zero-order chi connectivity index (χ0) is 11.1. The molecule has 1 aliphatic carbocycles. The van der Waals surface area contributed by atoms with Crippen molar-refractivity contribution in [3.8, 4) is 0 Å². The number of pyridine rings is 1. The first-order valence-electron chi connectivity index (χ1n) is 5.97. The van der Waals surface area contributed by atoms with Gasteiger partial charge in [-0.25, -0.2) is 4.98 Å². The van der Waals surface area contributed by atoms with E-state index in [0.717, 1.165) is 23.8 Å². The van der Waals surface area contributed by atoms with Gasteiger partial charge in [-0.1, -0.05) is 0 Å². The summed E-state index contributed by atoms with van der Waals surface area (Å²) in [5.41, 5.74) is 0.771. The third-order valence-electron chi connectivity index (χ3n) is 3.86. The summed E-state index contributed by atoms with van der Waals surface area (Å²) in [5, 5.41) is 0. The molecule has 3 heteroatoms. The number of carbonyl (C=O) groups is 1. The van der Waals surface area contributed by atoms with Crippen molar-refractivity contribution in [3.05, 3.63) is 23.9 Å². The Hall–Kier alpha value is -1.38. The normalized spacial score (nSPS) is 27.4. The van der Waals surface area contributed by atoms with Crippen molar-refractivity contribution in [1.82, 2.24) is 4.98 Å². The second kappa shape index (κ2) is 3.58. The number of nitrogens with zero attached hydrogens (tertiary/aromatic N) is 2. The molecule has 0 spiro atoms. The lowest BCUT2D eigenvalue weighted by atomic mass is 10.1. The van der Waals surface area contributed by atoms with E-state index < -0.39 is 0 Å². The van der Waals surface area contributed by atoms with Crippen LogP contribution in [0.25, 0.3) is 0 Å². The van der Waals surface area contributed by atoms with Crippen molar-refractivity contribution in [1.29, 1.82) is 0 Å². The topological polar surface area (TPSA) is 33.2 Å². The summed E-state index contributed by atoms with van der Waals surface area (Å²) in [6, 6.07) is 4.39. The van der Waals surface area contributed by atoms with Crippen LogP contribution in [0.4, 0.5) is 5.82 Å². The molecule has 1 saturated heterocycles. The molecular weight excluding hydrogens is 200 g/mol. The Morgan fingerprint density at radius 1 is 1.50 bits per heavy atom. The summed E-state index contributed by atoms with van der Waals surface area (Å²) in [4.78, 5) is 18.1. The highest BCUT2D eigenvalue weighted by Crippen LogP contribution is 2.39. The number of hydrogen-bond acceptors (Lipinski definition) is 3. The molecule has 3 rings (SSSR count). The molecule has 1 saturated carbocycles. The summed E-state index contributed by atoms with van der Waals surface area (Å²) in [6.45, 7) is 2.73. The van der Waals surface area contributed by atoms with Gasteiger partial charge in [-0.05, 0) is 44.2 Å². The maximum atomic E-state index is 11.3. The molecule has 1 aromatic heterocycles. The molecule has 2 unspecified atom stereocenters. The lowest BCUT2D eigenvalue weighted by molar-refractivity contribution is 0.101. The van der Waals surface area contributed by atoms with Crippen LogP contribution in [-0.2, 0) is 0 Å². The van der Waals surface area contributed by atoms with Gasteiger partial charge < -0.3 is 4.90 Å². The predicted molar refractivity (Wildman–Crippen MR) is 62.7 cm³/mol. The predicted octanol–water partition coefficient (Wildman–Crippen LogP) is 2.27. The van der Waals surface area contributed by atoms with E-state index in [4.69, 9.17) is 0 Å². The third-order valence-corrected chi connectivity index (χ3v) is 3.86. The Morgan fingerprint density at radius 3 is 3.00 bits per heavy atom. The van der Waals surface area contributed by atoms with E-state index in [2.05, 4.69) is 9.88 Å². The van der Waals surface area contributed by atoms with Crippen LogP contribution >= 0.6 is 0 Å². The third kappa shape index (κ3) is 1.51. The van der Waals surface area contributed by atoms with Gasteiger partial charge in [0.25, 0.3) is 0 Å². The maximum Gasteiger partial charge on any atom is 0.159 e. The fourth-order valence-corrected chi connectivity index (χ4v) is 3.00. The van der Waals surface area contributed by atoms with Crippen LogP contribution in [-0.4, -0.2) is 23.4 Å². The number of carbonyl (C=O) groups excluding carboxylic acids is 1. The van der Waals surface area contributed by atoms with Gasteiger partial charge in [0, 0.05) is 24.3 Å². The number of fused-ring (bicyclic) bond motifs is 2. The first-order chi connectivity index (χ1) is 7.74. The number of piperidine rings is 1. The van der Waals surface area contributed by atoms with Gasteiger partial charge >= 0.3 is 0 Å². The highest BCUT2D eigenvalue weighted by atomic mass is 16.1. The van der Waals surface area contributed by atoms with E-state index in [0.29, 0.717) is 6.04 Å². The zero-order valence-corrected chi connectivity index (χ0v) is 9.52. The molecule has 2 aliphatic rings. The number of hydrogen-bond donors (Lipinski definition) is 0. The maximum absolute atomic E-state index is 11.3. The van der Waals surface area contributed by atoms with Crippen LogP contribution in [0.5, 0.6) is 0 Å². The van der Waals surface area contributed by atoms with Gasteiger partial charge in [-0.15, -0.1) is 0 Å². The molecule has 0 radical (unpaired) electrons. The first-order valence-corrected chi connectivity index (χ1v) is 5.97. The monoisotopic (exact) mass is 216 g/mol. The molecule has 0 N–H and O–H groups in total. The van der Waals surface area contributed by atoms with Crippen LogP contribution in [0.2, 0.25) is 0 Å². The molecule has 2 fully saturated rings. The summed E-state index contributed by atoms with van der Waals surface area (Å²) >= 11 is 0. The molecule has 16 heavy (non-hydrogen) atoms. The second-order valence-electron chi connectivity index (χ2n) is 4.94. The Morgan fingerprint density at radius 2 is 2.38 bits per heavy atom. The number of ketones is 1. The summed E-state index contributed by atoms with van der Waals surface area (Å²) in [6.07, 6.45) is 5.72. The summed E-state index contributed by atoms with van der Waals surface area (Å²) in [5.74, 6) is 1.96. The molecule has 2 bridgehead atoms. The molecular formula is C13H16N2O. The number of rotatable bonds is 2. The Labute approximate surface area is 95.5 Å². The van der Waals surface area contributed by atoms with Crippen molar-refractivity contribution in [2.24, 2.45) is 5.92 Å². The molecule has 1 aromatic rings.